The minimum absolute atomic E-state index is 0.0790. The molecular weight excluding hydrogens is 281 g/mol. The summed E-state index contributed by atoms with van der Waals surface area (Å²) in [6.07, 6.45) is -3.53. The van der Waals surface area contributed by atoms with Crippen molar-refractivity contribution in [2.45, 2.75) is 52.0 Å². The summed E-state index contributed by atoms with van der Waals surface area (Å²) in [6.45, 7) is 5.76. The number of nitrogens with one attached hydrogen (secondary N) is 2. The van der Waals surface area contributed by atoms with Gasteiger partial charge in [-0.2, -0.15) is 13.2 Å². The van der Waals surface area contributed by atoms with E-state index in [0.717, 1.165) is 18.6 Å². The van der Waals surface area contributed by atoms with Crippen LogP contribution in [-0.2, 0) is 17.5 Å². The molecule has 118 valence electrons. The van der Waals surface area contributed by atoms with Crippen LogP contribution >= 0.6 is 0 Å². The standard InChI is InChI=1S/C15H21F3N2O/c1-4-10(2)20-14(21)11(3)19-9-12-6-5-7-13(8-12)15(16,17)18/h5-8,10-11,19H,4,9H2,1-3H3,(H,20,21). The first-order chi connectivity index (χ1) is 9.74. The lowest BCUT2D eigenvalue weighted by molar-refractivity contribution is -0.137. The Bertz CT molecular complexity index is 474. The summed E-state index contributed by atoms with van der Waals surface area (Å²) in [4.78, 5) is 11.8. The summed E-state index contributed by atoms with van der Waals surface area (Å²) >= 11 is 0. The number of halogens is 3. The van der Waals surface area contributed by atoms with Crippen molar-refractivity contribution in [3.05, 3.63) is 35.4 Å². The van der Waals surface area contributed by atoms with E-state index in [4.69, 9.17) is 0 Å². The number of hydrogen-bond donors (Lipinski definition) is 2. The fourth-order valence-corrected chi connectivity index (χ4v) is 1.69. The molecular formula is C15H21F3N2O. The van der Waals surface area contributed by atoms with Crippen molar-refractivity contribution < 1.29 is 18.0 Å². The zero-order chi connectivity index (χ0) is 16.0. The van der Waals surface area contributed by atoms with Gasteiger partial charge in [-0.3, -0.25) is 4.79 Å². The van der Waals surface area contributed by atoms with Crippen LogP contribution in [0.4, 0.5) is 13.2 Å². The topological polar surface area (TPSA) is 41.1 Å². The molecule has 0 bridgehead atoms. The molecule has 2 atom stereocenters. The van der Waals surface area contributed by atoms with E-state index in [9.17, 15) is 18.0 Å². The average molecular weight is 302 g/mol. The Morgan fingerprint density at radius 3 is 2.52 bits per heavy atom. The second kappa shape index (κ2) is 7.45. The van der Waals surface area contributed by atoms with Crippen molar-refractivity contribution in [1.29, 1.82) is 0 Å². The number of rotatable bonds is 6. The molecule has 2 unspecified atom stereocenters. The lowest BCUT2D eigenvalue weighted by Crippen LogP contribution is -2.45. The van der Waals surface area contributed by atoms with Crippen LogP contribution in [0.3, 0.4) is 0 Å². The van der Waals surface area contributed by atoms with Gasteiger partial charge in [0, 0.05) is 12.6 Å². The van der Waals surface area contributed by atoms with Crippen molar-refractivity contribution in [2.24, 2.45) is 0 Å². The van der Waals surface area contributed by atoms with Crippen LogP contribution < -0.4 is 10.6 Å². The first-order valence-electron chi connectivity index (χ1n) is 6.94. The van der Waals surface area contributed by atoms with Gasteiger partial charge in [0.2, 0.25) is 5.91 Å². The van der Waals surface area contributed by atoms with Crippen LogP contribution in [0.15, 0.2) is 24.3 Å². The molecule has 0 radical (unpaired) electrons. The van der Waals surface area contributed by atoms with Crippen LogP contribution in [-0.4, -0.2) is 18.0 Å². The van der Waals surface area contributed by atoms with Gasteiger partial charge < -0.3 is 10.6 Å². The maximum absolute atomic E-state index is 12.6. The SMILES string of the molecule is CCC(C)NC(=O)C(C)NCc1cccc(C(F)(F)F)c1. The fraction of sp³-hybridized carbons (Fsp3) is 0.533. The third-order valence-corrected chi connectivity index (χ3v) is 3.26. The van der Waals surface area contributed by atoms with Gasteiger partial charge in [0.25, 0.3) is 0 Å². The van der Waals surface area contributed by atoms with Crippen molar-refractivity contribution in [2.75, 3.05) is 0 Å². The van der Waals surface area contributed by atoms with Gasteiger partial charge in [0.1, 0.15) is 0 Å². The van der Waals surface area contributed by atoms with Gasteiger partial charge in [0.05, 0.1) is 11.6 Å². The molecule has 3 nitrogen and oxygen atoms in total. The molecule has 0 spiro atoms. The van der Waals surface area contributed by atoms with E-state index in [1.165, 1.54) is 6.07 Å². The van der Waals surface area contributed by atoms with Crippen molar-refractivity contribution in [1.82, 2.24) is 10.6 Å². The number of benzene rings is 1. The van der Waals surface area contributed by atoms with Gasteiger partial charge in [-0.05, 0) is 31.9 Å². The van der Waals surface area contributed by atoms with Gasteiger partial charge in [-0.25, -0.2) is 0 Å². The molecule has 1 rings (SSSR count). The van der Waals surface area contributed by atoms with Crippen molar-refractivity contribution in [3.63, 3.8) is 0 Å². The molecule has 0 saturated carbocycles. The predicted molar refractivity (Wildman–Crippen MR) is 75.6 cm³/mol. The largest absolute Gasteiger partial charge is 0.416 e. The summed E-state index contributed by atoms with van der Waals surface area (Å²) in [6, 6.07) is 4.70. The third kappa shape index (κ3) is 5.75. The maximum Gasteiger partial charge on any atom is 0.416 e. The zero-order valence-corrected chi connectivity index (χ0v) is 12.4. The molecule has 0 aliphatic heterocycles. The van der Waals surface area contributed by atoms with Crippen molar-refractivity contribution in [3.8, 4) is 0 Å². The van der Waals surface area contributed by atoms with E-state index in [1.54, 1.807) is 13.0 Å². The Morgan fingerprint density at radius 2 is 1.95 bits per heavy atom. The zero-order valence-electron chi connectivity index (χ0n) is 12.4. The Balaban J connectivity index is 2.57. The normalized spacial score (nSPS) is 14.6. The third-order valence-electron chi connectivity index (χ3n) is 3.26. The summed E-state index contributed by atoms with van der Waals surface area (Å²) in [5.41, 5.74) is -0.188. The van der Waals surface area contributed by atoms with Gasteiger partial charge in [-0.1, -0.05) is 25.1 Å². The molecule has 6 heteroatoms. The van der Waals surface area contributed by atoms with Crippen LogP contribution in [0.5, 0.6) is 0 Å². The van der Waals surface area contributed by atoms with Crippen LogP contribution in [0.1, 0.15) is 38.3 Å². The van der Waals surface area contributed by atoms with Crippen LogP contribution in [0.2, 0.25) is 0 Å². The molecule has 1 aromatic rings. The lowest BCUT2D eigenvalue weighted by atomic mass is 10.1. The van der Waals surface area contributed by atoms with E-state index in [2.05, 4.69) is 10.6 Å². The van der Waals surface area contributed by atoms with E-state index in [-0.39, 0.29) is 18.5 Å². The first kappa shape index (κ1) is 17.5. The molecule has 0 aliphatic rings. The van der Waals surface area contributed by atoms with Crippen LogP contribution in [0, 0.1) is 0 Å². The Hall–Kier alpha value is -1.56. The van der Waals surface area contributed by atoms with Gasteiger partial charge in [0.15, 0.2) is 0 Å². The average Bonchev–Trinajstić information content (AvgIpc) is 2.43. The minimum Gasteiger partial charge on any atom is -0.352 e. The molecule has 0 aromatic heterocycles. The number of amides is 1. The fourth-order valence-electron chi connectivity index (χ4n) is 1.69. The highest BCUT2D eigenvalue weighted by molar-refractivity contribution is 5.81. The molecule has 21 heavy (non-hydrogen) atoms. The van der Waals surface area contributed by atoms with E-state index in [0.29, 0.717) is 5.56 Å². The molecule has 0 aliphatic carbocycles. The first-order valence-corrected chi connectivity index (χ1v) is 6.94. The number of carbonyl (C=O) groups is 1. The highest BCUT2D eigenvalue weighted by Crippen LogP contribution is 2.29. The van der Waals surface area contributed by atoms with E-state index in [1.807, 2.05) is 13.8 Å². The predicted octanol–water partition coefficient (Wildman–Crippen LogP) is 3.10. The van der Waals surface area contributed by atoms with Gasteiger partial charge in [-0.15, -0.1) is 0 Å². The Labute approximate surface area is 122 Å². The highest BCUT2D eigenvalue weighted by atomic mass is 19.4. The molecule has 0 saturated heterocycles. The smallest absolute Gasteiger partial charge is 0.352 e. The highest BCUT2D eigenvalue weighted by Gasteiger charge is 2.30. The lowest BCUT2D eigenvalue weighted by Gasteiger charge is -2.17. The Kier molecular flexibility index (Phi) is 6.20. The number of hydrogen-bond acceptors (Lipinski definition) is 2. The minimum atomic E-state index is -4.35. The van der Waals surface area contributed by atoms with Gasteiger partial charge >= 0.3 is 6.18 Å². The van der Waals surface area contributed by atoms with E-state index >= 15 is 0 Å². The Morgan fingerprint density at radius 1 is 1.29 bits per heavy atom. The molecule has 2 N–H and O–H groups in total. The quantitative estimate of drug-likeness (QED) is 0.848. The summed E-state index contributed by atoms with van der Waals surface area (Å²) in [5, 5.41) is 5.75. The second-order valence-electron chi connectivity index (χ2n) is 5.12. The number of carbonyl (C=O) groups excluding carboxylic acids is 1. The second-order valence-corrected chi connectivity index (χ2v) is 5.12. The molecule has 1 aromatic carbocycles. The molecule has 0 heterocycles. The van der Waals surface area contributed by atoms with Crippen molar-refractivity contribution >= 4 is 5.91 Å². The van der Waals surface area contributed by atoms with E-state index < -0.39 is 17.8 Å². The number of alkyl halides is 3. The maximum atomic E-state index is 12.6. The monoisotopic (exact) mass is 302 g/mol. The summed E-state index contributed by atoms with van der Waals surface area (Å²) < 4.78 is 37.8. The molecule has 1 amide bonds. The summed E-state index contributed by atoms with van der Waals surface area (Å²) in [7, 11) is 0. The summed E-state index contributed by atoms with van der Waals surface area (Å²) in [5.74, 6) is -0.156. The van der Waals surface area contributed by atoms with Crippen LogP contribution in [0.25, 0.3) is 0 Å². The molecule has 0 fully saturated rings.